The maximum atomic E-state index is 11.7. The quantitative estimate of drug-likeness (QED) is 0.779. The van der Waals surface area contributed by atoms with Crippen LogP contribution in [0.25, 0.3) is 4.85 Å². The van der Waals surface area contributed by atoms with Crippen LogP contribution in [-0.2, 0) is 4.74 Å². The molecule has 106 valence electrons. The van der Waals surface area contributed by atoms with Crippen LogP contribution in [-0.4, -0.2) is 40.8 Å². The Bertz CT molecular complexity index is 522. The minimum atomic E-state index is -0.486. The summed E-state index contributed by atoms with van der Waals surface area (Å²) in [7, 11) is 0. The number of carbonyl (C=O) groups is 1. The van der Waals surface area contributed by atoms with E-state index in [-0.39, 0.29) is 12.2 Å². The lowest BCUT2D eigenvalue weighted by Gasteiger charge is -2.39. The molecule has 0 unspecified atom stereocenters. The first-order valence-corrected chi connectivity index (χ1v) is 6.35. The molecule has 6 heteroatoms. The maximum Gasteiger partial charge on any atom is 0.410 e. The highest BCUT2D eigenvalue weighted by atomic mass is 16.6. The number of hydrogen-bond acceptors (Lipinski definition) is 4. The Morgan fingerprint density at radius 3 is 2.65 bits per heavy atom. The first kappa shape index (κ1) is 14.1. The third-order valence-corrected chi connectivity index (χ3v) is 2.64. The van der Waals surface area contributed by atoms with Gasteiger partial charge in [0.25, 0.3) is 0 Å². The van der Waals surface area contributed by atoms with Crippen molar-refractivity contribution in [1.29, 1.82) is 0 Å². The average molecular weight is 275 g/mol. The van der Waals surface area contributed by atoms with Gasteiger partial charge >= 0.3 is 6.09 Å². The van der Waals surface area contributed by atoms with Gasteiger partial charge in [0.15, 0.2) is 0 Å². The van der Waals surface area contributed by atoms with Crippen LogP contribution < -0.4 is 4.74 Å². The smallest absolute Gasteiger partial charge is 0.410 e. The zero-order valence-corrected chi connectivity index (χ0v) is 11.8. The molecule has 0 atom stereocenters. The Morgan fingerprint density at radius 1 is 1.45 bits per heavy atom. The van der Waals surface area contributed by atoms with Crippen molar-refractivity contribution in [3.63, 3.8) is 0 Å². The summed E-state index contributed by atoms with van der Waals surface area (Å²) in [6, 6.07) is 3.31. The predicted molar refractivity (Wildman–Crippen MR) is 72.7 cm³/mol. The summed E-state index contributed by atoms with van der Waals surface area (Å²) < 4.78 is 10.8. The Balaban J connectivity index is 1.79. The molecule has 1 saturated heterocycles. The van der Waals surface area contributed by atoms with Crippen LogP contribution in [0.4, 0.5) is 10.5 Å². The lowest BCUT2D eigenvalue weighted by Crippen LogP contribution is -2.57. The Kier molecular flexibility index (Phi) is 3.79. The Hall–Kier alpha value is -2.29. The molecule has 0 radical (unpaired) electrons. The van der Waals surface area contributed by atoms with E-state index in [2.05, 4.69) is 9.83 Å². The van der Waals surface area contributed by atoms with Crippen molar-refractivity contribution in [3.8, 4) is 5.88 Å². The third kappa shape index (κ3) is 3.60. The minimum Gasteiger partial charge on any atom is -0.471 e. The van der Waals surface area contributed by atoms with Gasteiger partial charge in [-0.25, -0.2) is 14.6 Å². The van der Waals surface area contributed by atoms with Crippen molar-refractivity contribution in [2.45, 2.75) is 32.5 Å². The van der Waals surface area contributed by atoms with Gasteiger partial charge in [-0.2, -0.15) is 0 Å². The second kappa shape index (κ2) is 5.37. The van der Waals surface area contributed by atoms with Crippen LogP contribution in [0.5, 0.6) is 5.88 Å². The summed E-state index contributed by atoms with van der Waals surface area (Å²) >= 11 is 0. The highest BCUT2D eigenvalue weighted by molar-refractivity contribution is 5.69. The molecule has 1 aliphatic heterocycles. The van der Waals surface area contributed by atoms with Gasteiger partial charge in [0.2, 0.25) is 11.6 Å². The number of amides is 1. The monoisotopic (exact) mass is 275 g/mol. The minimum absolute atomic E-state index is 0.0752. The van der Waals surface area contributed by atoms with Crippen LogP contribution in [0, 0.1) is 6.57 Å². The van der Waals surface area contributed by atoms with E-state index in [1.165, 1.54) is 6.20 Å². The number of pyridine rings is 1. The number of aromatic nitrogens is 1. The van der Waals surface area contributed by atoms with Crippen molar-refractivity contribution in [2.24, 2.45) is 0 Å². The largest absolute Gasteiger partial charge is 0.471 e. The van der Waals surface area contributed by atoms with Crippen molar-refractivity contribution in [3.05, 3.63) is 29.7 Å². The second-order valence-corrected chi connectivity index (χ2v) is 5.59. The molecule has 0 aromatic carbocycles. The number of ether oxygens (including phenoxy) is 2. The van der Waals surface area contributed by atoms with E-state index < -0.39 is 5.60 Å². The molecule has 1 fully saturated rings. The molecule has 2 heterocycles. The van der Waals surface area contributed by atoms with Gasteiger partial charge in [-0.15, -0.1) is 0 Å². The van der Waals surface area contributed by atoms with E-state index in [0.29, 0.717) is 24.7 Å². The fourth-order valence-corrected chi connectivity index (χ4v) is 1.67. The van der Waals surface area contributed by atoms with Crippen LogP contribution in [0.1, 0.15) is 20.8 Å². The molecule has 6 nitrogen and oxygen atoms in total. The number of hydrogen-bond donors (Lipinski definition) is 0. The van der Waals surface area contributed by atoms with Gasteiger partial charge in [-0.05, 0) is 32.9 Å². The zero-order chi connectivity index (χ0) is 14.8. The molecular formula is C14H17N3O3. The number of likely N-dealkylation sites (tertiary alicyclic amines) is 1. The fraction of sp³-hybridized carbons (Fsp3) is 0.500. The number of nitrogens with zero attached hydrogens (tertiary/aromatic N) is 3. The van der Waals surface area contributed by atoms with E-state index in [4.69, 9.17) is 16.0 Å². The third-order valence-electron chi connectivity index (χ3n) is 2.64. The van der Waals surface area contributed by atoms with Gasteiger partial charge in [0.1, 0.15) is 11.7 Å². The van der Waals surface area contributed by atoms with Gasteiger partial charge in [0.05, 0.1) is 19.7 Å². The van der Waals surface area contributed by atoms with E-state index in [9.17, 15) is 4.79 Å². The fourth-order valence-electron chi connectivity index (χ4n) is 1.67. The van der Waals surface area contributed by atoms with Crippen LogP contribution in [0.15, 0.2) is 18.3 Å². The molecule has 20 heavy (non-hydrogen) atoms. The van der Waals surface area contributed by atoms with Crippen LogP contribution in [0.2, 0.25) is 0 Å². The highest BCUT2D eigenvalue weighted by Gasteiger charge is 2.35. The first-order valence-electron chi connectivity index (χ1n) is 6.35. The van der Waals surface area contributed by atoms with E-state index in [0.717, 1.165) is 0 Å². The van der Waals surface area contributed by atoms with Crippen molar-refractivity contribution < 1.29 is 14.3 Å². The molecule has 1 aromatic rings. The lowest BCUT2D eigenvalue weighted by atomic mass is 10.2. The molecule has 0 spiro atoms. The topological polar surface area (TPSA) is 56.0 Å². The van der Waals surface area contributed by atoms with Crippen LogP contribution in [0.3, 0.4) is 0 Å². The lowest BCUT2D eigenvalue weighted by molar-refractivity contribution is -0.0232. The van der Waals surface area contributed by atoms with Gasteiger partial charge in [-0.1, -0.05) is 0 Å². The average Bonchev–Trinajstić information content (AvgIpc) is 2.31. The van der Waals surface area contributed by atoms with Crippen molar-refractivity contribution in [1.82, 2.24) is 9.88 Å². The van der Waals surface area contributed by atoms with Crippen molar-refractivity contribution >= 4 is 11.8 Å². The van der Waals surface area contributed by atoms with Gasteiger partial charge < -0.3 is 14.4 Å². The van der Waals surface area contributed by atoms with Crippen molar-refractivity contribution in [2.75, 3.05) is 13.1 Å². The number of rotatable bonds is 2. The summed E-state index contributed by atoms with van der Waals surface area (Å²) in [6.07, 6.45) is 1.06. The van der Waals surface area contributed by atoms with Gasteiger partial charge in [-0.3, -0.25) is 0 Å². The normalized spacial score (nSPS) is 15.2. The molecule has 1 aliphatic rings. The Labute approximate surface area is 118 Å². The molecular weight excluding hydrogens is 258 g/mol. The predicted octanol–water partition coefficient (Wildman–Crippen LogP) is 2.63. The summed E-state index contributed by atoms with van der Waals surface area (Å²) in [6.45, 7) is 13.3. The van der Waals surface area contributed by atoms with E-state index >= 15 is 0 Å². The molecule has 0 N–H and O–H groups in total. The van der Waals surface area contributed by atoms with E-state index in [1.807, 2.05) is 20.8 Å². The summed E-state index contributed by atoms with van der Waals surface area (Å²) in [5.74, 6) is 0.464. The molecule has 2 rings (SSSR count). The molecule has 0 aliphatic carbocycles. The maximum absolute atomic E-state index is 11.7. The summed E-state index contributed by atoms with van der Waals surface area (Å²) in [4.78, 5) is 20.6. The standard InChI is InChI=1S/C14H17N3O3/c1-14(2,3)20-13(18)17-8-11(9-17)19-12-6-5-10(15-4)7-16-12/h5-7,11H,8-9H2,1-3H3. The summed E-state index contributed by atoms with van der Waals surface area (Å²) in [5.41, 5.74) is -0.0125. The SMILES string of the molecule is [C-]#[N+]c1ccc(OC2CN(C(=O)OC(C)(C)C)C2)nc1. The highest BCUT2D eigenvalue weighted by Crippen LogP contribution is 2.20. The molecule has 0 saturated carbocycles. The molecule has 1 aromatic heterocycles. The molecule has 1 amide bonds. The second-order valence-electron chi connectivity index (χ2n) is 5.59. The van der Waals surface area contributed by atoms with Gasteiger partial charge in [0, 0.05) is 6.20 Å². The van der Waals surface area contributed by atoms with Crippen LogP contribution >= 0.6 is 0 Å². The molecule has 0 bridgehead atoms. The first-order chi connectivity index (χ1) is 9.37. The number of carbonyl (C=O) groups excluding carboxylic acids is 1. The zero-order valence-electron chi connectivity index (χ0n) is 11.8. The Morgan fingerprint density at radius 2 is 2.15 bits per heavy atom. The van der Waals surface area contributed by atoms with E-state index in [1.54, 1.807) is 17.0 Å². The summed E-state index contributed by atoms with van der Waals surface area (Å²) in [5, 5.41) is 0.